The fourth-order valence-corrected chi connectivity index (χ4v) is 2.94. The molecule has 2 aromatic carbocycles. The SMILES string of the molecule is CCNC(=NCCc1ccc2c(c1)OCO2)NCCNC(=O)c1ccc(OC)cc1. The molecule has 8 nitrogen and oxygen atoms in total. The fraction of sp³-hybridized carbons (Fsp3) is 0.364. The fourth-order valence-electron chi connectivity index (χ4n) is 2.94. The van der Waals surface area contributed by atoms with Gasteiger partial charge in [-0.3, -0.25) is 9.79 Å². The van der Waals surface area contributed by atoms with Crippen molar-refractivity contribution < 1.29 is 19.0 Å². The van der Waals surface area contributed by atoms with Crippen LogP contribution in [0.3, 0.4) is 0 Å². The zero-order chi connectivity index (χ0) is 21.2. The molecule has 0 atom stereocenters. The van der Waals surface area contributed by atoms with E-state index in [2.05, 4.69) is 20.9 Å². The molecule has 2 aromatic rings. The number of nitrogens with one attached hydrogen (secondary N) is 3. The molecule has 0 aromatic heterocycles. The molecule has 0 unspecified atom stereocenters. The molecule has 1 amide bonds. The van der Waals surface area contributed by atoms with Gasteiger partial charge in [-0.25, -0.2) is 0 Å². The van der Waals surface area contributed by atoms with Gasteiger partial charge >= 0.3 is 0 Å². The van der Waals surface area contributed by atoms with Crippen molar-refractivity contribution in [1.29, 1.82) is 0 Å². The summed E-state index contributed by atoms with van der Waals surface area (Å²) in [4.78, 5) is 16.8. The van der Waals surface area contributed by atoms with Crippen LogP contribution in [0.25, 0.3) is 0 Å². The molecule has 1 aliphatic heterocycles. The molecule has 3 N–H and O–H groups in total. The molecule has 0 bridgehead atoms. The van der Waals surface area contributed by atoms with Crippen LogP contribution >= 0.6 is 0 Å². The maximum Gasteiger partial charge on any atom is 0.251 e. The summed E-state index contributed by atoms with van der Waals surface area (Å²) in [6.07, 6.45) is 0.793. The van der Waals surface area contributed by atoms with Crippen LogP contribution in [0.5, 0.6) is 17.2 Å². The number of aliphatic imine (C=N–C) groups is 1. The van der Waals surface area contributed by atoms with E-state index < -0.39 is 0 Å². The topological polar surface area (TPSA) is 93.2 Å². The monoisotopic (exact) mass is 412 g/mol. The van der Waals surface area contributed by atoms with E-state index in [-0.39, 0.29) is 12.7 Å². The van der Waals surface area contributed by atoms with E-state index >= 15 is 0 Å². The van der Waals surface area contributed by atoms with E-state index in [1.165, 1.54) is 0 Å². The minimum absolute atomic E-state index is 0.121. The third kappa shape index (κ3) is 6.04. The third-order valence-electron chi connectivity index (χ3n) is 4.51. The number of benzene rings is 2. The summed E-state index contributed by atoms with van der Waals surface area (Å²) in [6.45, 7) is 4.73. The molecule has 0 saturated carbocycles. The lowest BCUT2D eigenvalue weighted by Crippen LogP contribution is -2.41. The van der Waals surface area contributed by atoms with E-state index in [4.69, 9.17) is 14.2 Å². The summed E-state index contributed by atoms with van der Waals surface area (Å²) in [5, 5.41) is 9.33. The molecule has 160 valence electrons. The highest BCUT2D eigenvalue weighted by Crippen LogP contribution is 2.32. The van der Waals surface area contributed by atoms with Gasteiger partial charge in [0.25, 0.3) is 5.91 Å². The normalized spacial score (nSPS) is 12.4. The van der Waals surface area contributed by atoms with Crippen molar-refractivity contribution in [3.8, 4) is 17.2 Å². The van der Waals surface area contributed by atoms with Crippen molar-refractivity contribution in [2.24, 2.45) is 4.99 Å². The predicted octanol–water partition coefficient (Wildman–Crippen LogP) is 1.95. The van der Waals surface area contributed by atoms with Crippen LogP contribution in [-0.4, -0.2) is 51.9 Å². The number of ether oxygens (including phenoxy) is 3. The summed E-state index contributed by atoms with van der Waals surface area (Å²) < 4.78 is 15.8. The number of carbonyl (C=O) groups excluding carboxylic acids is 1. The van der Waals surface area contributed by atoms with Gasteiger partial charge in [0.05, 0.1) is 7.11 Å². The predicted molar refractivity (Wildman–Crippen MR) is 116 cm³/mol. The van der Waals surface area contributed by atoms with Gasteiger partial charge in [0.1, 0.15) is 5.75 Å². The van der Waals surface area contributed by atoms with Gasteiger partial charge in [0.2, 0.25) is 6.79 Å². The second-order valence-electron chi connectivity index (χ2n) is 6.61. The smallest absolute Gasteiger partial charge is 0.251 e. The van der Waals surface area contributed by atoms with Gasteiger partial charge in [-0.2, -0.15) is 0 Å². The molecule has 8 heteroatoms. The Kier molecular flexibility index (Phi) is 7.77. The Morgan fingerprint density at radius 3 is 2.57 bits per heavy atom. The van der Waals surface area contributed by atoms with Crippen LogP contribution in [0.1, 0.15) is 22.8 Å². The first kappa shape index (κ1) is 21.3. The van der Waals surface area contributed by atoms with E-state index in [0.29, 0.717) is 25.2 Å². The number of carbonyl (C=O) groups is 1. The van der Waals surface area contributed by atoms with Gasteiger partial charge in [0, 0.05) is 31.7 Å². The Labute approximate surface area is 176 Å². The van der Waals surface area contributed by atoms with Crippen LogP contribution in [0.2, 0.25) is 0 Å². The number of hydrogen-bond acceptors (Lipinski definition) is 5. The van der Waals surface area contributed by atoms with E-state index in [0.717, 1.165) is 41.7 Å². The number of fused-ring (bicyclic) bond motifs is 1. The number of methoxy groups -OCH3 is 1. The van der Waals surface area contributed by atoms with E-state index in [9.17, 15) is 4.79 Å². The molecule has 0 saturated heterocycles. The summed E-state index contributed by atoms with van der Waals surface area (Å²) in [7, 11) is 1.60. The number of hydrogen-bond donors (Lipinski definition) is 3. The van der Waals surface area contributed by atoms with Crippen molar-refractivity contribution in [3.05, 3.63) is 53.6 Å². The first-order valence-corrected chi connectivity index (χ1v) is 10.0. The Hall–Kier alpha value is -3.42. The molecule has 0 spiro atoms. The Morgan fingerprint density at radius 2 is 1.80 bits per heavy atom. The molecule has 30 heavy (non-hydrogen) atoms. The second kappa shape index (κ2) is 10.9. The Bertz CT molecular complexity index is 868. The van der Waals surface area contributed by atoms with Gasteiger partial charge in [-0.15, -0.1) is 0 Å². The molecule has 0 aliphatic carbocycles. The largest absolute Gasteiger partial charge is 0.497 e. The lowest BCUT2D eigenvalue weighted by Gasteiger charge is -2.12. The van der Waals surface area contributed by atoms with Crippen LogP contribution < -0.4 is 30.2 Å². The second-order valence-corrected chi connectivity index (χ2v) is 6.61. The van der Waals surface area contributed by atoms with Crippen molar-refractivity contribution in [2.75, 3.05) is 40.1 Å². The molecule has 0 radical (unpaired) electrons. The number of rotatable bonds is 9. The summed E-state index contributed by atoms with van der Waals surface area (Å²) in [5.41, 5.74) is 1.74. The molecular formula is C22H28N4O4. The summed E-state index contributed by atoms with van der Waals surface area (Å²) in [5.74, 6) is 2.89. The maximum atomic E-state index is 12.2. The van der Waals surface area contributed by atoms with Gasteiger partial charge in [0.15, 0.2) is 17.5 Å². The minimum Gasteiger partial charge on any atom is -0.497 e. The highest BCUT2D eigenvalue weighted by Gasteiger charge is 2.12. The lowest BCUT2D eigenvalue weighted by molar-refractivity contribution is 0.0954. The van der Waals surface area contributed by atoms with Crippen molar-refractivity contribution >= 4 is 11.9 Å². The summed E-state index contributed by atoms with van der Waals surface area (Å²) in [6, 6.07) is 13.0. The minimum atomic E-state index is -0.121. The first-order valence-electron chi connectivity index (χ1n) is 10.0. The number of nitrogens with zero attached hydrogens (tertiary/aromatic N) is 1. The standard InChI is InChI=1S/C22H28N4O4/c1-3-23-22(25-11-10-16-4-9-19-20(14-16)30-15-29-19)26-13-12-24-21(27)17-5-7-18(28-2)8-6-17/h4-9,14H,3,10-13,15H2,1-2H3,(H,24,27)(H2,23,25,26). The van der Waals surface area contributed by atoms with Crippen molar-refractivity contribution in [1.82, 2.24) is 16.0 Å². The number of amides is 1. The Morgan fingerprint density at radius 1 is 1.03 bits per heavy atom. The highest BCUT2D eigenvalue weighted by atomic mass is 16.7. The first-order chi connectivity index (χ1) is 14.7. The van der Waals surface area contributed by atoms with E-state index in [1.807, 2.05) is 25.1 Å². The van der Waals surface area contributed by atoms with Crippen molar-refractivity contribution in [2.45, 2.75) is 13.3 Å². The summed E-state index contributed by atoms with van der Waals surface area (Å²) >= 11 is 0. The average Bonchev–Trinajstić information content (AvgIpc) is 3.24. The van der Waals surface area contributed by atoms with Gasteiger partial charge < -0.3 is 30.2 Å². The van der Waals surface area contributed by atoms with Crippen LogP contribution in [0, 0.1) is 0 Å². The highest BCUT2D eigenvalue weighted by molar-refractivity contribution is 5.94. The zero-order valence-electron chi connectivity index (χ0n) is 17.4. The quantitative estimate of drug-likeness (QED) is 0.331. The molecule has 0 fully saturated rings. The molecule has 3 rings (SSSR count). The van der Waals surface area contributed by atoms with Gasteiger partial charge in [-0.1, -0.05) is 6.07 Å². The lowest BCUT2D eigenvalue weighted by atomic mass is 10.1. The van der Waals surface area contributed by atoms with Gasteiger partial charge in [-0.05, 0) is 55.3 Å². The third-order valence-corrected chi connectivity index (χ3v) is 4.51. The zero-order valence-corrected chi connectivity index (χ0v) is 17.4. The van der Waals surface area contributed by atoms with Crippen molar-refractivity contribution in [3.63, 3.8) is 0 Å². The number of guanidine groups is 1. The van der Waals surface area contributed by atoms with Crippen LogP contribution in [-0.2, 0) is 6.42 Å². The Balaban J connectivity index is 1.41. The van der Waals surface area contributed by atoms with E-state index in [1.54, 1.807) is 31.4 Å². The van der Waals surface area contributed by atoms with Crippen LogP contribution in [0.15, 0.2) is 47.5 Å². The van der Waals surface area contributed by atoms with Crippen LogP contribution in [0.4, 0.5) is 0 Å². The molecular weight excluding hydrogens is 384 g/mol. The molecule has 1 aliphatic rings. The molecule has 1 heterocycles. The average molecular weight is 412 g/mol. The maximum absolute atomic E-state index is 12.2.